The molecule has 1 aliphatic heterocycles. The average Bonchev–Trinajstić information content (AvgIpc) is 2.89. The molecule has 2 heterocycles. The van der Waals surface area contributed by atoms with Gasteiger partial charge in [-0.2, -0.15) is 0 Å². The predicted molar refractivity (Wildman–Crippen MR) is 73.2 cm³/mol. The number of carboxylic acids is 1. The first-order chi connectivity index (χ1) is 9.43. The van der Waals surface area contributed by atoms with Crippen LogP contribution in [0.4, 0.5) is 0 Å². The number of H-pyrrole nitrogens is 1. The Labute approximate surface area is 115 Å². The first-order valence-corrected chi connectivity index (χ1v) is 6.53. The molecule has 2 unspecified atom stereocenters. The fourth-order valence-electron chi connectivity index (χ4n) is 2.87. The monoisotopic (exact) mass is 276 g/mol. The van der Waals surface area contributed by atoms with E-state index >= 15 is 0 Å². The number of carbonyl (C=O) groups is 1. The number of aromatic nitrogens is 2. The van der Waals surface area contributed by atoms with Gasteiger partial charge in [0.05, 0.1) is 28.2 Å². The summed E-state index contributed by atoms with van der Waals surface area (Å²) < 4.78 is 7.28. The van der Waals surface area contributed by atoms with Crippen molar-refractivity contribution in [2.75, 3.05) is 6.61 Å². The molecule has 6 heteroatoms. The van der Waals surface area contributed by atoms with Crippen molar-refractivity contribution < 1.29 is 14.6 Å². The van der Waals surface area contributed by atoms with Crippen LogP contribution < -0.4 is 5.69 Å². The summed E-state index contributed by atoms with van der Waals surface area (Å²) in [5, 5.41) is 9.01. The second-order valence-corrected chi connectivity index (χ2v) is 5.42. The highest BCUT2D eigenvalue weighted by Gasteiger charge is 2.40. The van der Waals surface area contributed by atoms with Crippen LogP contribution >= 0.6 is 0 Å². The topological polar surface area (TPSA) is 84.3 Å². The molecule has 1 aromatic heterocycles. The first kappa shape index (κ1) is 12.9. The van der Waals surface area contributed by atoms with Crippen LogP contribution in [0.3, 0.4) is 0 Å². The number of hydrogen-bond donors (Lipinski definition) is 2. The Morgan fingerprint density at radius 3 is 2.90 bits per heavy atom. The molecule has 2 aromatic rings. The Morgan fingerprint density at radius 1 is 1.55 bits per heavy atom. The summed E-state index contributed by atoms with van der Waals surface area (Å²) in [6, 6.07) is 4.67. The molecular weight excluding hydrogens is 260 g/mol. The van der Waals surface area contributed by atoms with Crippen molar-refractivity contribution in [1.29, 1.82) is 0 Å². The highest BCUT2D eigenvalue weighted by atomic mass is 16.5. The van der Waals surface area contributed by atoms with Crippen LogP contribution in [0.1, 0.15) is 30.6 Å². The summed E-state index contributed by atoms with van der Waals surface area (Å²) in [7, 11) is 0. The van der Waals surface area contributed by atoms with E-state index in [0.717, 1.165) is 6.42 Å². The van der Waals surface area contributed by atoms with Crippen LogP contribution in [0.25, 0.3) is 11.0 Å². The third kappa shape index (κ3) is 1.68. The largest absolute Gasteiger partial charge is 0.478 e. The van der Waals surface area contributed by atoms with Crippen LogP contribution in [0.2, 0.25) is 0 Å². The van der Waals surface area contributed by atoms with E-state index in [1.165, 1.54) is 12.1 Å². The van der Waals surface area contributed by atoms with E-state index in [1.54, 1.807) is 10.6 Å². The Hall–Kier alpha value is -2.08. The molecule has 0 saturated carbocycles. The smallest absolute Gasteiger partial charge is 0.335 e. The molecule has 1 fully saturated rings. The molecule has 2 atom stereocenters. The number of fused-ring (bicyclic) bond motifs is 1. The van der Waals surface area contributed by atoms with Gasteiger partial charge in [0.25, 0.3) is 0 Å². The number of rotatable bonds is 2. The average molecular weight is 276 g/mol. The van der Waals surface area contributed by atoms with Gasteiger partial charge in [0.15, 0.2) is 0 Å². The summed E-state index contributed by atoms with van der Waals surface area (Å²) in [6.45, 7) is 4.55. The molecule has 1 aromatic carbocycles. The minimum atomic E-state index is -1.01. The SMILES string of the molecule is CC1OCCC1(C)n1c(=O)[nH]c2cc(C(=O)O)ccc21. The second kappa shape index (κ2) is 4.21. The second-order valence-electron chi connectivity index (χ2n) is 5.42. The number of aromatic carboxylic acids is 1. The maximum absolute atomic E-state index is 12.3. The quantitative estimate of drug-likeness (QED) is 0.871. The van der Waals surface area contributed by atoms with Crippen molar-refractivity contribution in [2.24, 2.45) is 0 Å². The fraction of sp³-hybridized carbons (Fsp3) is 0.429. The molecule has 0 aliphatic carbocycles. The Kier molecular flexibility index (Phi) is 2.72. The maximum Gasteiger partial charge on any atom is 0.335 e. The van der Waals surface area contributed by atoms with Gasteiger partial charge in [-0.05, 0) is 38.5 Å². The summed E-state index contributed by atoms with van der Waals surface area (Å²) >= 11 is 0. The van der Waals surface area contributed by atoms with Gasteiger partial charge in [-0.25, -0.2) is 9.59 Å². The lowest BCUT2D eigenvalue weighted by molar-refractivity contribution is 0.0697. The highest BCUT2D eigenvalue weighted by Crippen LogP contribution is 2.34. The standard InChI is InChI=1S/C14H16N2O4/c1-8-14(2,5-6-20-8)16-11-4-3-9(12(17)18)7-10(11)15-13(16)19/h3-4,7-8H,5-6H2,1-2H3,(H,15,19)(H,17,18). The van der Waals surface area contributed by atoms with Gasteiger partial charge in [0.1, 0.15) is 0 Å². The number of carboxylic acid groups (broad SMARTS) is 1. The zero-order chi connectivity index (χ0) is 14.5. The molecule has 1 saturated heterocycles. The van der Waals surface area contributed by atoms with Gasteiger partial charge in [0, 0.05) is 6.61 Å². The number of nitrogens with zero attached hydrogens (tertiary/aromatic N) is 1. The summed E-state index contributed by atoms with van der Waals surface area (Å²) in [4.78, 5) is 26.0. The molecule has 3 rings (SSSR count). The number of benzene rings is 1. The molecule has 0 bridgehead atoms. The summed E-state index contributed by atoms with van der Waals surface area (Å²) in [5.74, 6) is -1.01. The molecule has 6 nitrogen and oxygen atoms in total. The van der Waals surface area contributed by atoms with E-state index in [1.807, 2.05) is 13.8 Å². The van der Waals surface area contributed by atoms with Crippen LogP contribution in [-0.2, 0) is 10.3 Å². The number of hydrogen-bond acceptors (Lipinski definition) is 3. The third-order valence-corrected chi connectivity index (χ3v) is 4.29. The number of aromatic amines is 1. The number of imidazole rings is 1. The molecule has 0 spiro atoms. The lowest BCUT2D eigenvalue weighted by Crippen LogP contribution is -2.42. The Balaban J connectivity index is 2.24. The van der Waals surface area contributed by atoms with Crippen LogP contribution in [0.5, 0.6) is 0 Å². The van der Waals surface area contributed by atoms with Gasteiger partial charge < -0.3 is 14.8 Å². The van der Waals surface area contributed by atoms with Crippen LogP contribution in [0, 0.1) is 0 Å². The van der Waals surface area contributed by atoms with Gasteiger partial charge in [0.2, 0.25) is 0 Å². The van der Waals surface area contributed by atoms with E-state index in [-0.39, 0.29) is 17.4 Å². The van der Waals surface area contributed by atoms with Crippen LogP contribution in [-0.4, -0.2) is 33.3 Å². The van der Waals surface area contributed by atoms with E-state index in [0.29, 0.717) is 17.6 Å². The molecular formula is C14H16N2O4. The molecule has 20 heavy (non-hydrogen) atoms. The van der Waals surface area contributed by atoms with Gasteiger partial charge in [-0.15, -0.1) is 0 Å². The van der Waals surface area contributed by atoms with Crippen molar-refractivity contribution in [3.05, 3.63) is 34.2 Å². The zero-order valence-corrected chi connectivity index (χ0v) is 11.3. The third-order valence-electron chi connectivity index (χ3n) is 4.29. The van der Waals surface area contributed by atoms with Gasteiger partial charge >= 0.3 is 11.7 Å². The lowest BCUT2D eigenvalue weighted by atomic mass is 9.94. The Morgan fingerprint density at radius 2 is 2.30 bits per heavy atom. The summed E-state index contributed by atoms with van der Waals surface area (Å²) in [5.41, 5.74) is 0.754. The highest BCUT2D eigenvalue weighted by molar-refractivity contribution is 5.92. The first-order valence-electron chi connectivity index (χ1n) is 6.53. The fourth-order valence-corrected chi connectivity index (χ4v) is 2.87. The van der Waals surface area contributed by atoms with Gasteiger partial charge in [-0.1, -0.05) is 0 Å². The zero-order valence-electron chi connectivity index (χ0n) is 11.3. The number of nitrogens with one attached hydrogen (secondary N) is 1. The minimum Gasteiger partial charge on any atom is -0.478 e. The molecule has 1 aliphatic rings. The normalized spacial score (nSPS) is 26.2. The van der Waals surface area contributed by atoms with Crippen LogP contribution in [0.15, 0.2) is 23.0 Å². The molecule has 106 valence electrons. The summed E-state index contributed by atoms with van der Waals surface area (Å²) in [6.07, 6.45) is 0.681. The molecule has 0 amide bonds. The Bertz CT molecular complexity index is 745. The molecule has 0 radical (unpaired) electrons. The number of ether oxygens (including phenoxy) is 1. The van der Waals surface area contributed by atoms with Gasteiger partial charge in [-0.3, -0.25) is 4.57 Å². The maximum atomic E-state index is 12.3. The lowest BCUT2D eigenvalue weighted by Gasteiger charge is -2.29. The van der Waals surface area contributed by atoms with Crippen molar-refractivity contribution in [2.45, 2.75) is 31.9 Å². The van der Waals surface area contributed by atoms with Crippen molar-refractivity contribution in [1.82, 2.24) is 9.55 Å². The van der Waals surface area contributed by atoms with E-state index in [9.17, 15) is 9.59 Å². The van der Waals surface area contributed by atoms with E-state index in [4.69, 9.17) is 9.84 Å². The van der Waals surface area contributed by atoms with E-state index in [2.05, 4.69) is 4.98 Å². The van der Waals surface area contributed by atoms with Crippen molar-refractivity contribution in [3.8, 4) is 0 Å². The van der Waals surface area contributed by atoms with E-state index < -0.39 is 11.5 Å². The minimum absolute atomic E-state index is 0.0710. The van der Waals surface area contributed by atoms with Crippen molar-refractivity contribution >= 4 is 17.0 Å². The molecule has 2 N–H and O–H groups in total. The predicted octanol–water partition coefficient (Wildman–Crippen LogP) is 1.55. The van der Waals surface area contributed by atoms with Crippen molar-refractivity contribution in [3.63, 3.8) is 0 Å².